The fraction of sp³-hybridized carbons (Fsp3) is 0. The second-order valence-electron chi connectivity index (χ2n) is 2.93. The number of benzene rings is 1. The van der Waals surface area contributed by atoms with E-state index in [-0.39, 0.29) is 17.0 Å². The number of ketones is 1. The number of hydrogen-bond donors (Lipinski definition) is 1. The maximum atomic E-state index is 13.1. The summed E-state index contributed by atoms with van der Waals surface area (Å²) >= 11 is 1.22. The van der Waals surface area contributed by atoms with Gasteiger partial charge in [0.25, 0.3) is 0 Å². The van der Waals surface area contributed by atoms with Crippen LogP contribution in [0.25, 0.3) is 0 Å². The molecule has 76 valence electrons. The summed E-state index contributed by atoms with van der Waals surface area (Å²) in [5, 5.41) is 0. The predicted octanol–water partition coefficient (Wildman–Crippen LogP) is 2.10. The Bertz CT molecular complexity index is 496. The van der Waals surface area contributed by atoms with Crippen LogP contribution in [0.2, 0.25) is 0 Å². The van der Waals surface area contributed by atoms with E-state index in [2.05, 4.69) is 4.98 Å². The molecule has 2 aromatic rings. The van der Waals surface area contributed by atoms with Crippen molar-refractivity contribution in [1.82, 2.24) is 4.98 Å². The van der Waals surface area contributed by atoms with Crippen molar-refractivity contribution in [3.63, 3.8) is 0 Å². The highest BCUT2D eigenvalue weighted by molar-refractivity contribution is 7.11. The number of hydrogen-bond acceptors (Lipinski definition) is 4. The lowest BCUT2D eigenvalue weighted by Crippen LogP contribution is -2.00. The minimum atomic E-state index is -0.578. The Labute approximate surface area is 89.4 Å². The lowest BCUT2D eigenvalue weighted by atomic mass is 10.1. The summed E-state index contributed by atoms with van der Waals surface area (Å²) in [5.74, 6) is -0.818. The zero-order valence-corrected chi connectivity index (χ0v) is 8.42. The Morgan fingerprint density at radius 3 is 2.87 bits per heavy atom. The lowest BCUT2D eigenvalue weighted by molar-refractivity contribution is 0.104. The Hall–Kier alpha value is -1.75. The van der Waals surface area contributed by atoms with E-state index >= 15 is 0 Å². The zero-order chi connectivity index (χ0) is 10.8. The van der Waals surface area contributed by atoms with Gasteiger partial charge < -0.3 is 5.73 Å². The summed E-state index contributed by atoms with van der Waals surface area (Å²) in [5.41, 5.74) is 7.19. The molecular formula is C10H7FN2OS. The quantitative estimate of drug-likeness (QED) is 0.625. The Balaban J connectivity index is 2.39. The molecule has 1 aromatic heterocycles. The highest BCUT2D eigenvalue weighted by Gasteiger charge is 2.12. The number of nitrogens with zero attached hydrogens (tertiary/aromatic N) is 1. The topological polar surface area (TPSA) is 56.0 Å². The first-order chi connectivity index (χ1) is 7.18. The third-order valence-electron chi connectivity index (χ3n) is 1.92. The van der Waals surface area contributed by atoms with Crippen LogP contribution in [0, 0.1) is 5.82 Å². The summed E-state index contributed by atoms with van der Waals surface area (Å²) in [6.45, 7) is 0. The second-order valence-corrected chi connectivity index (χ2v) is 3.82. The monoisotopic (exact) mass is 222 g/mol. The fourth-order valence-electron chi connectivity index (χ4n) is 1.14. The number of thiazole rings is 1. The Morgan fingerprint density at radius 2 is 2.27 bits per heavy atom. The zero-order valence-electron chi connectivity index (χ0n) is 7.61. The number of anilines is 1. The molecule has 0 aliphatic heterocycles. The van der Waals surface area contributed by atoms with Gasteiger partial charge in [-0.25, -0.2) is 4.39 Å². The van der Waals surface area contributed by atoms with Gasteiger partial charge in [0.15, 0.2) is 0 Å². The average Bonchev–Trinajstić information content (AvgIpc) is 2.74. The van der Waals surface area contributed by atoms with E-state index in [0.29, 0.717) is 4.88 Å². The van der Waals surface area contributed by atoms with Crippen molar-refractivity contribution < 1.29 is 9.18 Å². The number of aromatic nitrogens is 1. The van der Waals surface area contributed by atoms with E-state index in [0.717, 1.165) is 6.07 Å². The molecule has 3 nitrogen and oxygen atoms in total. The van der Waals surface area contributed by atoms with Gasteiger partial charge in [-0.1, -0.05) is 0 Å². The summed E-state index contributed by atoms with van der Waals surface area (Å²) in [4.78, 5) is 16.0. The molecule has 2 N–H and O–H groups in total. The summed E-state index contributed by atoms with van der Waals surface area (Å²) in [7, 11) is 0. The van der Waals surface area contributed by atoms with Crippen LogP contribution in [0.3, 0.4) is 0 Å². The maximum Gasteiger partial charge on any atom is 0.204 e. The number of carbonyl (C=O) groups excluding carboxylic acids is 1. The largest absolute Gasteiger partial charge is 0.396 e. The SMILES string of the molecule is Nc1ccc(C(=O)c2cncs2)cc1F. The van der Waals surface area contributed by atoms with E-state index in [1.165, 1.54) is 29.7 Å². The van der Waals surface area contributed by atoms with Crippen LogP contribution in [0.15, 0.2) is 29.9 Å². The molecule has 0 aliphatic carbocycles. The molecule has 0 saturated heterocycles. The molecule has 1 heterocycles. The minimum Gasteiger partial charge on any atom is -0.396 e. The van der Waals surface area contributed by atoms with Crippen LogP contribution in [0.5, 0.6) is 0 Å². The van der Waals surface area contributed by atoms with Gasteiger partial charge >= 0.3 is 0 Å². The molecule has 5 heteroatoms. The summed E-state index contributed by atoms with van der Waals surface area (Å²) in [6.07, 6.45) is 1.46. The number of nitrogens with two attached hydrogens (primary N) is 1. The van der Waals surface area contributed by atoms with Gasteiger partial charge in [0.1, 0.15) is 5.82 Å². The molecule has 0 fully saturated rings. The van der Waals surface area contributed by atoms with E-state index in [4.69, 9.17) is 5.73 Å². The van der Waals surface area contributed by atoms with Crippen LogP contribution >= 0.6 is 11.3 Å². The van der Waals surface area contributed by atoms with Crippen molar-refractivity contribution in [3.05, 3.63) is 46.2 Å². The highest BCUT2D eigenvalue weighted by Crippen LogP contribution is 2.17. The van der Waals surface area contributed by atoms with E-state index < -0.39 is 5.82 Å². The minimum absolute atomic E-state index is 0.0378. The van der Waals surface area contributed by atoms with Crippen LogP contribution in [0.4, 0.5) is 10.1 Å². The second kappa shape index (κ2) is 3.78. The number of nitrogen functional groups attached to an aromatic ring is 1. The summed E-state index contributed by atoms with van der Waals surface area (Å²) < 4.78 is 13.1. The Morgan fingerprint density at radius 1 is 1.47 bits per heavy atom. The van der Waals surface area contributed by atoms with Gasteiger partial charge in [0, 0.05) is 11.8 Å². The highest BCUT2D eigenvalue weighted by atomic mass is 32.1. The first-order valence-corrected chi connectivity index (χ1v) is 5.04. The van der Waals surface area contributed by atoms with E-state index in [1.807, 2.05) is 0 Å². The lowest BCUT2D eigenvalue weighted by Gasteiger charge is -2.00. The van der Waals surface area contributed by atoms with Crippen molar-refractivity contribution >= 4 is 22.8 Å². The van der Waals surface area contributed by atoms with Crippen LogP contribution in [0.1, 0.15) is 15.2 Å². The third kappa shape index (κ3) is 1.87. The molecule has 1 aromatic carbocycles. The predicted molar refractivity (Wildman–Crippen MR) is 56.4 cm³/mol. The third-order valence-corrected chi connectivity index (χ3v) is 2.69. The van der Waals surface area contributed by atoms with Crippen molar-refractivity contribution in [2.45, 2.75) is 0 Å². The fourth-order valence-corrected chi connectivity index (χ4v) is 1.72. The van der Waals surface area contributed by atoms with Gasteiger partial charge in [0.05, 0.1) is 16.1 Å². The van der Waals surface area contributed by atoms with E-state index in [1.54, 1.807) is 5.51 Å². The Kier molecular flexibility index (Phi) is 2.47. The van der Waals surface area contributed by atoms with Gasteiger partial charge in [-0.15, -0.1) is 11.3 Å². The van der Waals surface area contributed by atoms with Crippen LogP contribution in [-0.2, 0) is 0 Å². The molecule has 0 unspecified atom stereocenters. The standard InChI is InChI=1S/C10H7FN2OS/c11-7-3-6(1-2-8(7)12)10(14)9-4-13-5-15-9/h1-5H,12H2. The first kappa shape index (κ1) is 9.79. The molecule has 0 bridgehead atoms. The maximum absolute atomic E-state index is 13.1. The molecule has 0 radical (unpaired) electrons. The summed E-state index contributed by atoms with van der Waals surface area (Å²) in [6, 6.07) is 4.02. The van der Waals surface area contributed by atoms with Gasteiger partial charge in [-0.2, -0.15) is 0 Å². The van der Waals surface area contributed by atoms with Crippen molar-refractivity contribution in [3.8, 4) is 0 Å². The van der Waals surface area contributed by atoms with Crippen molar-refractivity contribution in [1.29, 1.82) is 0 Å². The molecule has 0 amide bonds. The molecule has 0 spiro atoms. The molecule has 0 atom stereocenters. The molecule has 0 saturated carbocycles. The van der Waals surface area contributed by atoms with Gasteiger partial charge in [-0.3, -0.25) is 9.78 Å². The number of halogens is 1. The molecule has 0 aliphatic rings. The average molecular weight is 222 g/mol. The molecule has 2 rings (SSSR count). The molecule has 15 heavy (non-hydrogen) atoms. The van der Waals surface area contributed by atoms with Gasteiger partial charge in [-0.05, 0) is 18.2 Å². The normalized spacial score (nSPS) is 10.2. The van der Waals surface area contributed by atoms with Crippen LogP contribution < -0.4 is 5.73 Å². The molecular weight excluding hydrogens is 215 g/mol. The number of carbonyl (C=O) groups is 1. The van der Waals surface area contributed by atoms with E-state index in [9.17, 15) is 9.18 Å². The number of rotatable bonds is 2. The first-order valence-electron chi connectivity index (χ1n) is 4.16. The van der Waals surface area contributed by atoms with Crippen LogP contribution in [-0.4, -0.2) is 10.8 Å². The van der Waals surface area contributed by atoms with Crippen molar-refractivity contribution in [2.24, 2.45) is 0 Å². The van der Waals surface area contributed by atoms with Gasteiger partial charge in [0.2, 0.25) is 5.78 Å². The van der Waals surface area contributed by atoms with Crippen molar-refractivity contribution in [2.75, 3.05) is 5.73 Å². The smallest absolute Gasteiger partial charge is 0.204 e.